The number of fused-ring (bicyclic) bond motifs is 8. The smallest absolute Gasteiger partial charge is 0.333 e. The Balaban J connectivity index is 1.23. The Morgan fingerprint density at radius 1 is 0.460 bits per heavy atom. The third-order valence-corrected chi connectivity index (χ3v) is 14.9. The molecule has 3 heterocycles. The summed E-state index contributed by atoms with van der Waals surface area (Å²) in [6.45, 7) is 13.7. The molecule has 0 aliphatic carbocycles. The second-order valence-corrected chi connectivity index (χ2v) is 19.8. The van der Waals surface area contributed by atoms with E-state index in [1.165, 1.54) is 126 Å². The lowest BCUT2D eigenvalue weighted by Crippen LogP contribution is -2.61. The lowest BCUT2D eigenvalue weighted by molar-refractivity contribution is 0.590. The minimum absolute atomic E-state index is 0.0297. The molecule has 2 aliphatic heterocycles. The van der Waals surface area contributed by atoms with E-state index in [9.17, 15) is 0 Å². The summed E-state index contributed by atoms with van der Waals surface area (Å²) in [5.41, 5.74) is 21.5. The van der Waals surface area contributed by atoms with Gasteiger partial charge in [0, 0.05) is 54.2 Å². The van der Waals surface area contributed by atoms with E-state index in [0.29, 0.717) is 0 Å². The van der Waals surface area contributed by atoms with Gasteiger partial charge < -0.3 is 9.71 Å². The van der Waals surface area contributed by atoms with Crippen molar-refractivity contribution in [3.05, 3.63) is 198 Å². The number of hydrogen-bond acceptors (Lipinski definition) is 3. The van der Waals surface area contributed by atoms with Gasteiger partial charge in [0.2, 0.25) is 0 Å². The van der Waals surface area contributed by atoms with Crippen molar-refractivity contribution < 1.29 is 0 Å². The molecule has 0 amide bonds. The molecule has 0 atom stereocenters. The van der Waals surface area contributed by atoms with E-state index in [1.54, 1.807) is 0 Å². The Kier molecular flexibility index (Phi) is 8.45. The number of nitrogens with zero attached hydrogens (tertiary/aromatic N) is 2. The molecule has 2 aliphatic rings. The molecule has 63 heavy (non-hydrogen) atoms. The van der Waals surface area contributed by atoms with Crippen molar-refractivity contribution in [3.8, 4) is 33.4 Å². The number of anilines is 5. The van der Waals surface area contributed by atoms with E-state index in [0.717, 1.165) is 0 Å². The third-order valence-electron chi connectivity index (χ3n) is 13.7. The van der Waals surface area contributed by atoms with Gasteiger partial charge in [-0.1, -0.05) is 142 Å². The molecule has 0 radical (unpaired) electrons. The Bertz CT molecular complexity index is 3460. The summed E-state index contributed by atoms with van der Waals surface area (Å²) in [6.07, 6.45) is 0. The second-order valence-electron chi connectivity index (χ2n) is 18.7. The first-order chi connectivity index (χ1) is 30.6. The summed E-state index contributed by atoms with van der Waals surface area (Å²) >= 11 is 1.90. The second kappa shape index (κ2) is 14.1. The van der Waals surface area contributed by atoms with Crippen molar-refractivity contribution >= 4 is 88.5 Å². The SMILES string of the molecule is Cc1cc(C(C)(C)C)ccc1N1c2cc3sc4ccccc4c3cc2B2c3c(cc(-c4c(C)cccc4C)cc31)-c1cc3ccccc3cc1N2c1ccc(-c2ccccc2)cc1. The molecule has 12 rings (SSSR count). The summed E-state index contributed by atoms with van der Waals surface area (Å²) in [6, 6.07) is 66.7. The Morgan fingerprint density at radius 2 is 1.16 bits per heavy atom. The molecule has 4 heteroatoms. The highest BCUT2D eigenvalue weighted by atomic mass is 32.1. The predicted molar refractivity (Wildman–Crippen MR) is 274 cm³/mol. The first-order valence-electron chi connectivity index (χ1n) is 22.2. The molecule has 0 unspecified atom stereocenters. The van der Waals surface area contributed by atoms with Crippen LogP contribution in [0.1, 0.15) is 43.0 Å². The molecule has 0 saturated carbocycles. The largest absolute Gasteiger partial charge is 0.376 e. The van der Waals surface area contributed by atoms with Crippen LogP contribution in [0.15, 0.2) is 176 Å². The number of hydrogen-bond donors (Lipinski definition) is 0. The monoisotopic (exact) mass is 826 g/mol. The van der Waals surface area contributed by atoms with Crippen molar-refractivity contribution in [3.63, 3.8) is 0 Å². The maximum atomic E-state index is 2.66. The van der Waals surface area contributed by atoms with Crippen LogP contribution < -0.4 is 20.6 Å². The van der Waals surface area contributed by atoms with Crippen molar-refractivity contribution in [1.82, 2.24) is 0 Å². The number of benzene rings is 9. The summed E-state index contributed by atoms with van der Waals surface area (Å²) in [5, 5.41) is 5.11. The summed E-state index contributed by atoms with van der Waals surface area (Å²) in [7, 11) is 0. The van der Waals surface area contributed by atoms with Crippen molar-refractivity contribution in [1.29, 1.82) is 0 Å². The first kappa shape index (κ1) is 37.9. The van der Waals surface area contributed by atoms with Crippen LogP contribution in [-0.4, -0.2) is 6.85 Å². The molecule has 302 valence electrons. The zero-order valence-corrected chi connectivity index (χ0v) is 37.4. The van der Waals surface area contributed by atoms with Gasteiger partial charge in [-0.3, -0.25) is 0 Å². The third kappa shape index (κ3) is 5.92. The van der Waals surface area contributed by atoms with Gasteiger partial charge in [-0.25, -0.2) is 0 Å². The molecule has 0 saturated heterocycles. The van der Waals surface area contributed by atoms with Gasteiger partial charge in [0.15, 0.2) is 0 Å². The zero-order chi connectivity index (χ0) is 42.7. The van der Waals surface area contributed by atoms with Crippen LogP contribution in [-0.2, 0) is 5.41 Å². The zero-order valence-electron chi connectivity index (χ0n) is 36.6. The molecule has 2 nitrogen and oxygen atoms in total. The maximum Gasteiger partial charge on any atom is 0.333 e. The quantitative estimate of drug-likeness (QED) is 0.163. The number of thiophene rings is 1. The highest BCUT2D eigenvalue weighted by Gasteiger charge is 2.46. The first-order valence-corrected chi connectivity index (χ1v) is 23.0. The highest BCUT2D eigenvalue weighted by molar-refractivity contribution is 7.26. The lowest BCUT2D eigenvalue weighted by Gasteiger charge is -2.46. The minimum atomic E-state index is -0.110. The van der Waals surface area contributed by atoms with E-state index in [2.05, 4.69) is 227 Å². The minimum Gasteiger partial charge on any atom is -0.376 e. The van der Waals surface area contributed by atoms with E-state index < -0.39 is 0 Å². The molecule has 1 aromatic heterocycles. The van der Waals surface area contributed by atoms with E-state index in [4.69, 9.17) is 0 Å². The van der Waals surface area contributed by atoms with Gasteiger partial charge >= 0.3 is 6.85 Å². The molecule has 0 bridgehead atoms. The fraction of sp³-hybridized carbons (Fsp3) is 0.119. The predicted octanol–water partition coefficient (Wildman–Crippen LogP) is 15.5. The molecule has 0 spiro atoms. The molecule has 0 N–H and O–H groups in total. The summed E-state index contributed by atoms with van der Waals surface area (Å²) < 4.78 is 2.62. The number of aryl methyl sites for hydroxylation is 3. The van der Waals surface area contributed by atoms with Crippen LogP contribution >= 0.6 is 11.3 Å². The van der Waals surface area contributed by atoms with Gasteiger partial charge in [0.05, 0.1) is 0 Å². The van der Waals surface area contributed by atoms with Gasteiger partial charge in [-0.15, -0.1) is 11.3 Å². The normalized spacial score (nSPS) is 13.1. The molecule has 10 aromatic rings. The summed E-state index contributed by atoms with van der Waals surface area (Å²) in [5.74, 6) is 0. The van der Waals surface area contributed by atoms with Crippen LogP contribution in [0.5, 0.6) is 0 Å². The van der Waals surface area contributed by atoms with Crippen LogP contribution in [0.3, 0.4) is 0 Å². The van der Waals surface area contributed by atoms with Crippen molar-refractivity contribution in [2.75, 3.05) is 9.71 Å². The van der Waals surface area contributed by atoms with Gasteiger partial charge in [-0.05, 0) is 153 Å². The van der Waals surface area contributed by atoms with Crippen molar-refractivity contribution in [2.24, 2.45) is 0 Å². The topological polar surface area (TPSA) is 6.48 Å². The average Bonchev–Trinajstić information content (AvgIpc) is 3.65. The van der Waals surface area contributed by atoms with E-state index >= 15 is 0 Å². The molecule has 9 aromatic carbocycles. The molecule has 0 fully saturated rings. The maximum absolute atomic E-state index is 2.66. The van der Waals surface area contributed by atoms with Gasteiger partial charge in [0.25, 0.3) is 0 Å². The van der Waals surface area contributed by atoms with Gasteiger partial charge in [0.1, 0.15) is 0 Å². The van der Waals surface area contributed by atoms with Crippen LogP contribution in [0.4, 0.5) is 28.4 Å². The summed E-state index contributed by atoms with van der Waals surface area (Å²) in [4.78, 5) is 5.28. The van der Waals surface area contributed by atoms with E-state index in [1.807, 2.05) is 11.3 Å². The number of rotatable bonds is 4. The van der Waals surface area contributed by atoms with Crippen LogP contribution in [0.2, 0.25) is 0 Å². The Labute approximate surface area is 374 Å². The molecular formula is C59H47BN2S. The van der Waals surface area contributed by atoms with Crippen LogP contribution in [0.25, 0.3) is 64.3 Å². The van der Waals surface area contributed by atoms with E-state index in [-0.39, 0.29) is 12.3 Å². The molecular weight excluding hydrogens is 780 g/mol. The fourth-order valence-electron chi connectivity index (χ4n) is 10.6. The Hall–Kier alpha value is -6.88. The Morgan fingerprint density at radius 3 is 1.90 bits per heavy atom. The van der Waals surface area contributed by atoms with Crippen LogP contribution in [0, 0.1) is 20.8 Å². The fourth-order valence-corrected chi connectivity index (χ4v) is 11.8. The standard InChI is InChI=1S/C59H47BN2S/c1-36-15-14-16-37(2)57(36)43-31-49-47-30-41-19-10-11-20-42(41)32-52(47)62(45-26-23-40(24-27-45)39-17-8-7-9-18-39)60-50-34-48-46-21-12-13-22-55(46)63-56(48)35-53(50)61(54(33-43)58(49)60)51-28-25-44(29-38(51)3)59(4,5)6/h7-35H,1-6H3. The van der Waals surface area contributed by atoms with Crippen molar-refractivity contribution in [2.45, 2.75) is 47.0 Å². The lowest BCUT2D eigenvalue weighted by atomic mass is 9.43. The van der Waals surface area contributed by atoms with Gasteiger partial charge in [-0.2, -0.15) is 0 Å². The average molecular weight is 827 g/mol. The highest BCUT2D eigenvalue weighted by Crippen LogP contribution is 2.51.